The van der Waals surface area contributed by atoms with Gasteiger partial charge in [-0.15, -0.1) is 0 Å². The fraction of sp³-hybridized carbons (Fsp3) is 0.286. The zero-order valence-corrected chi connectivity index (χ0v) is 16.5. The summed E-state index contributed by atoms with van der Waals surface area (Å²) >= 11 is 0. The largest absolute Gasteiger partial charge is 0.416 e. The van der Waals surface area contributed by atoms with Crippen LogP contribution in [-0.4, -0.2) is 32.7 Å². The molecule has 0 radical (unpaired) electrons. The molecule has 1 atom stereocenters. The molecule has 0 saturated carbocycles. The van der Waals surface area contributed by atoms with E-state index in [1.807, 2.05) is 19.9 Å². The molecule has 0 aliphatic carbocycles. The first-order chi connectivity index (χ1) is 14.3. The second-order valence-corrected chi connectivity index (χ2v) is 7.08. The average molecular weight is 417 g/mol. The molecule has 3 N–H and O–H groups in total. The van der Waals surface area contributed by atoms with Gasteiger partial charge in [0, 0.05) is 29.7 Å². The molecule has 2 heterocycles. The number of aliphatic hydroxyl groups excluding tert-OH is 1. The van der Waals surface area contributed by atoms with Gasteiger partial charge >= 0.3 is 6.18 Å². The molecule has 0 fully saturated rings. The molecular formula is C21H22F3N5O. The standard InChI is InChI=1S/C21H22F3N5O/c1-13(2)18(12-30)28-20-27-17(14-5-4-8-25-11-14)10-19(29-20)26-16-7-3-6-15(9-16)21(22,23)24/h3-11,13,18,30H,12H2,1-2H3,(H2,26,27,28,29)/t18-/m1/s1. The number of pyridine rings is 1. The summed E-state index contributed by atoms with van der Waals surface area (Å²) < 4.78 is 39.1. The molecule has 3 rings (SSSR count). The molecule has 0 spiro atoms. The first-order valence-electron chi connectivity index (χ1n) is 9.37. The predicted molar refractivity (Wildman–Crippen MR) is 109 cm³/mol. The van der Waals surface area contributed by atoms with Crippen LogP contribution in [0.2, 0.25) is 0 Å². The van der Waals surface area contributed by atoms with Crippen molar-refractivity contribution in [2.75, 3.05) is 17.2 Å². The van der Waals surface area contributed by atoms with Gasteiger partial charge in [-0.3, -0.25) is 4.98 Å². The molecule has 30 heavy (non-hydrogen) atoms. The second-order valence-electron chi connectivity index (χ2n) is 7.08. The fourth-order valence-corrected chi connectivity index (χ4v) is 2.75. The summed E-state index contributed by atoms with van der Waals surface area (Å²) in [4.78, 5) is 12.9. The van der Waals surface area contributed by atoms with Crippen molar-refractivity contribution in [1.29, 1.82) is 0 Å². The molecule has 9 heteroatoms. The molecule has 158 valence electrons. The SMILES string of the molecule is CC(C)[C@@H](CO)Nc1nc(Nc2cccc(C(F)(F)F)c2)cc(-c2cccnc2)n1. The Hall–Kier alpha value is -3.20. The van der Waals surface area contributed by atoms with Gasteiger partial charge < -0.3 is 15.7 Å². The normalized spacial score (nSPS) is 12.6. The second kappa shape index (κ2) is 9.08. The summed E-state index contributed by atoms with van der Waals surface area (Å²) in [5.41, 5.74) is 0.748. The summed E-state index contributed by atoms with van der Waals surface area (Å²) in [6.45, 7) is 3.77. The maximum absolute atomic E-state index is 13.0. The summed E-state index contributed by atoms with van der Waals surface area (Å²) in [5, 5.41) is 15.6. The van der Waals surface area contributed by atoms with Crippen LogP contribution in [0.4, 0.5) is 30.6 Å². The van der Waals surface area contributed by atoms with Gasteiger partial charge in [-0.2, -0.15) is 18.2 Å². The number of hydrogen-bond acceptors (Lipinski definition) is 6. The Morgan fingerprint density at radius 3 is 2.50 bits per heavy atom. The Morgan fingerprint density at radius 1 is 1.07 bits per heavy atom. The first kappa shape index (κ1) is 21.5. The van der Waals surface area contributed by atoms with Gasteiger partial charge in [-0.25, -0.2) is 4.98 Å². The summed E-state index contributed by atoms with van der Waals surface area (Å²) in [6, 6.07) is 9.81. The first-order valence-corrected chi connectivity index (χ1v) is 9.37. The van der Waals surface area contributed by atoms with E-state index in [2.05, 4.69) is 25.6 Å². The molecule has 0 saturated heterocycles. The number of hydrogen-bond donors (Lipinski definition) is 3. The van der Waals surface area contributed by atoms with Gasteiger partial charge in [-0.1, -0.05) is 19.9 Å². The number of nitrogens with one attached hydrogen (secondary N) is 2. The number of aliphatic hydroxyl groups is 1. The third kappa shape index (κ3) is 5.44. The Morgan fingerprint density at radius 2 is 1.87 bits per heavy atom. The third-order valence-corrected chi connectivity index (χ3v) is 4.46. The van der Waals surface area contributed by atoms with E-state index >= 15 is 0 Å². The highest BCUT2D eigenvalue weighted by Gasteiger charge is 2.30. The number of rotatable bonds is 7. The Bertz CT molecular complexity index is 980. The highest BCUT2D eigenvalue weighted by Crippen LogP contribution is 2.31. The van der Waals surface area contributed by atoms with Gasteiger partial charge in [0.25, 0.3) is 0 Å². The topological polar surface area (TPSA) is 83.0 Å². The van der Waals surface area contributed by atoms with Crippen molar-refractivity contribution in [3.8, 4) is 11.3 Å². The highest BCUT2D eigenvalue weighted by atomic mass is 19.4. The Kier molecular flexibility index (Phi) is 6.51. The maximum Gasteiger partial charge on any atom is 0.416 e. The van der Waals surface area contributed by atoms with E-state index in [-0.39, 0.29) is 30.2 Å². The zero-order valence-electron chi connectivity index (χ0n) is 16.5. The van der Waals surface area contributed by atoms with Crippen LogP contribution in [0, 0.1) is 5.92 Å². The van der Waals surface area contributed by atoms with Crippen LogP contribution < -0.4 is 10.6 Å². The average Bonchev–Trinajstić information content (AvgIpc) is 2.72. The number of anilines is 3. The third-order valence-electron chi connectivity index (χ3n) is 4.46. The molecule has 3 aromatic rings. The van der Waals surface area contributed by atoms with E-state index in [0.29, 0.717) is 11.5 Å². The molecule has 0 aliphatic rings. The fourth-order valence-electron chi connectivity index (χ4n) is 2.75. The van der Waals surface area contributed by atoms with Crippen LogP contribution in [0.25, 0.3) is 11.3 Å². The minimum Gasteiger partial charge on any atom is -0.394 e. The van der Waals surface area contributed by atoms with Gasteiger partial charge in [0.1, 0.15) is 5.82 Å². The molecule has 0 bridgehead atoms. The van der Waals surface area contributed by atoms with Crippen molar-refractivity contribution in [2.24, 2.45) is 5.92 Å². The number of alkyl halides is 3. The lowest BCUT2D eigenvalue weighted by molar-refractivity contribution is -0.137. The molecule has 1 aromatic carbocycles. The van der Waals surface area contributed by atoms with E-state index in [9.17, 15) is 18.3 Å². The van der Waals surface area contributed by atoms with Crippen LogP contribution in [0.15, 0.2) is 54.9 Å². The van der Waals surface area contributed by atoms with Gasteiger partial charge in [-0.05, 0) is 36.2 Å². The molecule has 6 nitrogen and oxygen atoms in total. The molecule has 2 aromatic heterocycles. The van der Waals surface area contributed by atoms with Crippen molar-refractivity contribution < 1.29 is 18.3 Å². The summed E-state index contributed by atoms with van der Waals surface area (Å²) in [5.74, 6) is 0.672. The Balaban J connectivity index is 1.98. The monoisotopic (exact) mass is 417 g/mol. The Labute approximate surface area is 172 Å². The van der Waals surface area contributed by atoms with Crippen molar-refractivity contribution in [3.05, 3.63) is 60.4 Å². The zero-order chi connectivity index (χ0) is 21.7. The van der Waals surface area contributed by atoms with Crippen LogP contribution >= 0.6 is 0 Å². The van der Waals surface area contributed by atoms with Gasteiger partial charge in [0.2, 0.25) is 5.95 Å². The van der Waals surface area contributed by atoms with E-state index in [1.165, 1.54) is 12.1 Å². The van der Waals surface area contributed by atoms with Crippen LogP contribution in [0.5, 0.6) is 0 Å². The minimum absolute atomic E-state index is 0.112. The number of nitrogens with zero attached hydrogens (tertiary/aromatic N) is 3. The van der Waals surface area contributed by atoms with Crippen molar-refractivity contribution in [1.82, 2.24) is 15.0 Å². The quantitative estimate of drug-likeness (QED) is 0.516. The van der Waals surface area contributed by atoms with Crippen LogP contribution in [0.1, 0.15) is 19.4 Å². The van der Waals surface area contributed by atoms with Crippen molar-refractivity contribution in [2.45, 2.75) is 26.1 Å². The van der Waals surface area contributed by atoms with E-state index in [0.717, 1.165) is 17.7 Å². The lowest BCUT2D eigenvalue weighted by Crippen LogP contribution is -2.30. The van der Waals surface area contributed by atoms with Crippen LogP contribution in [-0.2, 0) is 6.18 Å². The lowest BCUT2D eigenvalue weighted by Gasteiger charge is -2.20. The molecular weight excluding hydrogens is 395 g/mol. The molecule has 0 unspecified atom stereocenters. The summed E-state index contributed by atoms with van der Waals surface area (Å²) in [7, 11) is 0. The lowest BCUT2D eigenvalue weighted by atomic mass is 10.1. The number of aromatic nitrogens is 3. The van der Waals surface area contributed by atoms with E-state index in [4.69, 9.17) is 0 Å². The van der Waals surface area contributed by atoms with Crippen LogP contribution in [0.3, 0.4) is 0 Å². The number of halogens is 3. The predicted octanol–water partition coefficient (Wildman–Crippen LogP) is 4.73. The van der Waals surface area contributed by atoms with Crippen molar-refractivity contribution >= 4 is 17.5 Å². The highest BCUT2D eigenvalue weighted by molar-refractivity contribution is 5.67. The number of benzene rings is 1. The molecule has 0 aliphatic heterocycles. The summed E-state index contributed by atoms with van der Waals surface area (Å²) in [6.07, 6.45) is -1.18. The maximum atomic E-state index is 13.0. The van der Waals surface area contributed by atoms with Gasteiger partial charge in [0.15, 0.2) is 0 Å². The van der Waals surface area contributed by atoms with Gasteiger partial charge in [0.05, 0.1) is 23.9 Å². The smallest absolute Gasteiger partial charge is 0.394 e. The van der Waals surface area contributed by atoms with E-state index in [1.54, 1.807) is 24.5 Å². The van der Waals surface area contributed by atoms with E-state index < -0.39 is 11.7 Å². The minimum atomic E-state index is -4.44. The molecule has 0 amide bonds. The van der Waals surface area contributed by atoms with Crippen molar-refractivity contribution in [3.63, 3.8) is 0 Å².